The number of unbranched alkanes of at least 4 members (excludes halogenated alkanes) is 1. The number of aromatic nitrogens is 6. The van der Waals surface area contributed by atoms with Gasteiger partial charge < -0.3 is 199 Å². The summed E-state index contributed by atoms with van der Waals surface area (Å²) < 4.78 is 109. The lowest BCUT2D eigenvalue weighted by Crippen LogP contribution is -2.69. The molecule has 5 amide bonds. The highest BCUT2D eigenvalue weighted by atomic mass is 32.1. The molecule has 22 N–H and O–H groups in total. The Bertz CT molecular complexity index is 4060. The molecule has 0 spiro atoms. The van der Waals surface area contributed by atoms with Crippen LogP contribution in [-0.4, -0.2) is 466 Å². The van der Waals surface area contributed by atoms with E-state index in [0.717, 1.165) is 31.4 Å². The van der Waals surface area contributed by atoms with Crippen molar-refractivity contribution in [3.05, 3.63) is 22.8 Å². The highest BCUT2D eigenvalue weighted by Gasteiger charge is 2.60. The molecule has 53 heteroatoms. The number of aryl methyl sites for hydroxylation is 2. The summed E-state index contributed by atoms with van der Waals surface area (Å²) in [6.07, 6.45) is -56.1. The summed E-state index contributed by atoms with van der Waals surface area (Å²) in [5.41, 5.74) is 2.89. The first-order valence-electron chi connectivity index (χ1n) is 46.4. The molecule has 34 unspecified atom stereocenters. The molecular weight excluding hydrogens is 1840 g/mol. The lowest BCUT2D eigenvalue weighted by Gasteiger charge is -2.50. The summed E-state index contributed by atoms with van der Waals surface area (Å²) in [6.45, 7) is 0.731. The molecule has 12 bridgehead atoms. The monoisotopic (exact) mass is 1970 g/mol. The molecule has 52 nitrogen and oxygen atoms in total. The zero-order chi connectivity index (χ0) is 97.9. The molecule has 136 heavy (non-hydrogen) atoms. The number of aliphatic hydroxyl groups is 17. The Balaban J connectivity index is 0.644. The van der Waals surface area contributed by atoms with Crippen molar-refractivity contribution in [2.75, 3.05) is 112 Å². The van der Waals surface area contributed by atoms with Crippen LogP contribution in [0.1, 0.15) is 114 Å². The third-order valence-electron chi connectivity index (χ3n) is 26.2. The molecule has 24 heterocycles. The van der Waals surface area contributed by atoms with Crippen molar-refractivity contribution >= 4 is 47.5 Å². The molecule has 37 atom stereocenters. The van der Waals surface area contributed by atoms with Gasteiger partial charge >= 0.3 is 6.09 Å². The van der Waals surface area contributed by atoms with Gasteiger partial charge in [-0.1, -0.05) is 37.1 Å². The fraction of sp³-hybridized carbons (Fsp3) is 0.880. The number of thiol groups is 1. The van der Waals surface area contributed by atoms with Gasteiger partial charge in [-0.2, -0.15) is 0 Å². The van der Waals surface area contributed by atoms with E-state index in [1.807, 2.05) is 11.7 Å². The normalized spacial score (nSPS) is 37.2. The van der Waals surface area contributed by atoms with Gasteiger partial charge in [0.15, 0.2) is 37.7 Å². The van der Waals surface area contributed by atoms with Crippen LogP contribution in [0, 0.1) is 23.7 Å². The maximum atomic E-state index is 14.1. The fourth-order valence-corrected chi connectivity index (χ4v) is 18.4. The van der Waals surface area contributed by atoms with Gasteiger partial charge in [0.05, 0.1) is 122 Å². The molecule has 23 fully saturated rings. The maximum absolute atomic E-state index is 14.1. The van der Waals surface area contributed by atoms with E-state index in [1.165, 1.54) is 17.3 Å². The zero-order valence-corrected chi connectivity index (χ0v) is 76.8. The summed E-state index contributed by atoms with van der Waals surface area (Å²) in [4.78, 5) is 79.0. The van der Waals surface area contributed by atoms with Gasteiger partial charge in [0.1, 0.15) is 177 Å². The molecule has 774 valence electrons. The zero-order valence-electron chi connectivity index (χ0n) is 75.9. The molecule has 27 rings (SSSR count). The molecule has 25 aliphatic rings. The van der Waals surface area contributed by atoms with Gasteiger partial charge in [0, 0.05) is 26.6 Å². The number of carbonyl (C=O) groups excluding carboxylic acids is 6. The van der Waals surface area contributed by atoms with Crippen molar-refractivity contribution < 1.29 is 201 Å². The second-order valence-electron chi connectivity index (χ2n) is 35.8. The quantitative estimate of drug-likeness (QED) is 0.0218. The number of hydrogen-bond acceptors (Lipinski definition) is 45. The van der Waals surface area contributed by atoms with E-state index in [4.69, 9.17) is 85.3 Å². The first kappa shape index (κ1) is 109. The SMILES string of the molecule is CC(C)[C@H](NC(=O)[C@@H](CCCCNC(=O)COC1CCCCCc2c1nnn2CC1OC2OC3C(CO)OC(OC4C(CO)OC(OC5C(CO)OC(OC6C(CO)OC(OC7C(CO)OC(OC1C(O)C2O)C(O)C7O)C(O)C6O)C(O)C5O)C(O)C4O)C(O)C3O)NC(=O)CCOCCOCCOCCOCCNC(=O)OCC1C2CCc3nnn(C)c3CCC21)C(=O)N[C@@H](C)C(=O)S. The van der Waals surface area contributed by atoms with Crippen molar-refractivity contribution in [1.82, 2.24) is 56.6 Å². The Hall–Kier alpha value is -5.91. The van der Waals surface area contributed by atoms with E-state index in [-0.39, 0.29) is 104 Å². The lowest BCUT2D eigenvalue weighted by atomic mass is 9.94. The Labute approximate surface area is 786 Å². The molecule has 0 aromatic carbocycles. The average molecular weight is 1980 g/mol. The van der Waals surface area contributed by atoms with Crippen LogP contribution >= 0.6 is 12.6 Å². The summed E-state index contributed by atoms with van der Waals surface area (Å²) in [5, 5.41) is 225. The summed E-state index contributed by atoms with van der Waals surface area (Å²) >= 11 is 3.81. The number of amides is 5. The fourth-order valence-electron chi connectivity index (χ4n) is 18.3. The third-order valence-corrected chi connectivity index (χ3v) is 26.5. The predicted molar refractivity (Wildman–Crippen MR) is 452 cm³/mol. The number of nitrogens with zero attached hydrogens (tertiary/aromatic N) is 6. The van der Waals surface area contributed by atoms with Gasteiger partial charge in [0.25, 0.3) is 0 Å². The summed E-state index contributed by atoms with van der Waals surface area (Å²) in [5.74, 6) is -1.57. The molecule has 3 aliphatic carbocycles. The van der Waals surface area contributed by atoms with E-state index in [1.54, 1.807) is 13.8 Å². The molecule has 22 saturated heterocycles. The smallest absolute Gasteiger partial charge is 0.407 e. The van der Waals surface area contributed by atoms with Crippen molar-refractivity contribution in [3.8, 4) is 0 Å². The van der Waals surface area contributed by atoms with Gasteiger partial charge in [-0.15, -0.1) is 22.8 Å². The predicted octanol–water partition coefficient (Wildman–Crippen LogP) is -11.0. The van der Waals surface area contributed by atoms with E-state index < -0.39 is 295 Å². The van der Waals surface area contributed by atoms with Crippen molar-refractivity contribution in [3.63, 3.8) is 0 Å². The van der Waals surface area contributed by atoms with Crippen LogP contribution < -0.4 is 26.6 Å². The molecule has 0 radical (unpaired) electrons. The Kier molecular flexibility index (Phi) is 41.5. The van der Waals surface area contributed by atoms with Gasteiger partial charge in [-0.3, -0.25) is 28.7 Å². The molecule has 2 aromatic rings. The minimum atomic E-state index is -2.28. The van der Waals surface area contributed by atoms with E-state index in [0.29, 0.717) is 55.7 Å². The highest BCUT2D eigenvalue weighted by molar-refractivity contribution is 7.96. The molecular formula is C83H135N11O41S. The van der Waals surface area contributed by atoms with Crippen LogP contribution in [0.25, 0.3) is 0 Å². The Morgan fingerprint density at radius 3 is 1.35 bits per heavy atom. The van der Waals surface area contributed by atoms with Crippen LogP contribution in [-0.2, 0) is 142 Å². The Morgan fingerprint density at radius 2 is 0.890 bits per heavy atom. The molecule has 1 saturated carbocycles. The lowest BCUT2D eigenvalue weighted by molar-refractivity contribution is -0.403. The van der Waals surface area contributed by atoms with Crippen molar-refractivity contribution in [2.45, 2.75) is 319 Å². The minimum absolute atomic E-state index is 0.0317. The van der Waals surface area contributed by atoms with E-state index >= 15 is 0 Å². The Morgan fingerprint density at radius 1 is 0.449 bits per heavy atom. The van der Waals surface area contributed by atoms with E-state index in [2.05, 4.69) is 59.8 Å². The van der Waals surface area contributed by atoms with Gasteiger partial charge in [-0.05, 0) is 94.8 Å². The number of fused-ring (bicyclic) bond motifs is 3. The highest BCUT2D eigenvalue weighted by Crippen LogP contribution is 2.53. The number of rotatable bonds is 39. The topological polar surface area (TPSA) is 734 Å². The number of hydrogen-bond donors (Lipinski definition) is 23. The number of carbonyl (C=O) groups is 6. The summed E-state index contributed by atoms with van der Waals surface area (Å²) in [6, 6.07) is -3.32. The first-order valence-corrected chi connectivity index (χ1v) is 46.8. The van der Waals surface area contributed by atoms with Gasteiger partial charge in [0.2, 0.25) is 28.7 Å². The number of alkyl carbamates (subject to hydrolysis) is 1. The van der Waals surface area contributed by atoms with Crippen LogP contribution in [0.2, 0.25) is 0 Å². The minimum Gasteiger partial charge on any atom is -0.449 e. The van der Waals surface area contributed by atoms with Crippen molar-refractivity contribution in [1.29, 1.82) is 0 Å². The molecule has 22 aliphatic heterocycles. The number of ether oxygens (including phenoxy) is 18. The third kappa shape index (κ3) is 27.5. The second kappa shape index (κ2) is 51.9. The van der Waals surface area contributed by atoms with Crippen LogP contribution in [0.3, 0.4) is 0 Å². The van der Waals surface area contributed by atoms with Gasteiger partial charge in [-0.25, -0.2) is 9.48 Å². The van der Waals surface area contributed by atoms with Crippen LogP contribution in [0.4, 0.5) is 4.79 Å². The van der Waals surface area contributed by atoms with E-state index in [9.17, 15) is 116 Å². The summed E-state index contributed by atoms with van der Waals surface area (Å²) in [7, 11) is 1.92. The van der Waals surface area contributed by atoms with Crippen LogP contribution in [0.15, 0.2) is 0 Å². The average Bonchev–Trinajstić information content (AvgIpc) is 1.33. The van der Waals surface area contributed by atoms with Crippen LogP contribution in [0.5, 0.6) is 0 Å². The second-order valence-corrected chi connectivity index (χ2v) is 36.3. The largest absolute Gasteiger partial charge is 0.449 e. The number of aliphatic hydroxyl groups excluding tert-OH is 17. The molecule has 2 aromatic heterocycles. The maximum Gasteiger partial charge on any atom is 0.407 e. The standard InChI is InChI=1S/C83H135N11O41S/c1-36(2)54(75(115)86-37(3)76(116)136)88-74(114)42(87-52(100)17-20-118-22-24-120-26-27-121-25-23-119-21-19-85-83(117)123-34-40-38-13-15-41-43(16-14-39(38)40)93(4)91-89-41)10-8-9-18-84-53(101)35-122-45-12-7-5-6-11-44-55(45)90-92-94(44)28-46-68-56(102)62(108)77(124-46)131-69-47(29-95)126-79(64(110)58(69)104)133-71-49(31-97)128-81(66(112)60(71)106)135-73-51(33-99)129-82(67(113)61(73)107)134-72-50(32-98)127-80(65(111)59(72)105)132-70-48(30-96)125-78(130-68)63(109)57(70)103/h36-40,42,45-51,54,56-73,77-82,95-99,102-113H,5-35H2,1-4H3,(H,84,101)(H,85,117)(H,86,115)(H,87,100)(H,88,114)(H,116,136)/t37-,38?,39?,40?,42+,45?,46?,47?,48?,49?,50?,51?,54-,56?,57?,58?,59?,60?,61?,62?,63?,64?,65?,66?,67?,68?,69?,70?,71?,72?,73?,77?,78?,79?,80?,81?,82?/m0/s1. The number of nitrogens with one attached hydrogen (secondary N) is 5. The van der Waals surface area contributed by atoms with Crippen molar-refractivity contribution in [2.24, 2.45) is 30.7 Å². The first-order chi connectivity index (χ1) is 65.3.